The lowest BCUT2D eigenvalue weighted by Gasteiger charge is -2.30. The van der Waals surface area contributed by atoms with E-state index in [1.807, 2.05) is 0 Å². The molecule has 194 valence electrons. The molecule has 0 aromatic heterocycles. The predicted octanol–water partition coefficient (Wildman–Crippen LogP) is 4.37. The third kappa shape index (κ3) is 8.93. The SMILES string of the molecule is CCN1CCC(C(=O)c2cccc(NC(=S)Nc3cc(F)c(F)cc3F)c2)CC1.O=C(O)CC(=O)O. The number of anilines is 2. The van der Waals surface area contributed by atoms with Crippen molar-refractivity contribution in [2.45, 2.75) is 26.2 Å². The molecule has 0 saturated carbocycles. The van der Waals surface area contributed by atoms with Gasteiger partial charge in [-0.25, -0.2) is 13.2 Å². The second-order valence-electron chi connectivity index (χ2n) is 7.94. The highest BCUT2D eigenvalue weighted by Crippen LogP contribution is 2.24. The molecule has 12 heteroatoms. The number of piperidine rings is 1. The van der Waals surface area contributed by atoms with E-state index >= 15 is 0 Å². The first-order chi connectivity index (χ1) is 17.0. The van der Waals surface area contributed by atoms with Crippen LogP contribution in [0.4, 0.5) is 24.5 Å². The van der Waals surface area contributed by atoms with Crippen LogP contribution in [0.1, 0.15) is 36.5 Å². The number of hydrogen-bond acceptors (Lipinski definition) is 5. The summed E-state index contributed by atoms with van der Waals surface area (Å²) in [5, 5.41) is 20.7. The van der Waals surface area contributed by atoms with E-state index in [0.717, 1.165) is 32.5 Å². The van der Waals surface area contributed by atoms with Crippen molar-refractivity contribution < 1.29 is 37.8 Å². The Morgan fingerprint density at radius 1 is 0.972 bits per heavy atom. The Bertz CT molecular complexity index is 1110. The summed E-state index contributed by atoms with van der Waals surface area (Å²) in [7, 11) is 0. The lowest BCUT2D eigenvalue weighted by Crippen LogP contribution is -2.36. The van der Waals surface area contributed by atoms with Gasteiger partial charge in [-0.1, -0.05) is 19.1 Å². The van der Waals surface area contributed by atoms with Gasteiger partial charge in [0.2, 0.25) is 0 Å². The van der Waals surface area contributed by atoms with Crippen molar-refractivity contribution in [1.29, 1.82) is 0 Å². The van der Waals surface area contributed by atoms with E-state index < -0.39 is 35.8 Å². The van der Waals surface area contributed by atoms with Crippen molar-refractivity contribution >= 4 is 46.4 Å². The van der Waals surface area contributed by atoms with E-state index in [1.54, 1.807) is 24.3 Å². The molecule has 8 nitrogen and oxygen atoms in total. The van der Waals surface area contributed by atoms with Gasteiger partial charge >= 0.3 is 11.9 Å². The first kappa shape index (κ1) is 28.7. The van der Waals surface area contributed by atoms with Gasteiger partial charge in [-0.3, -0.25) is 14.4 Å². The van der Waals surface area contributed by atoms with E-state index in [9.17, 15) is 27.6 Å². The van der Waals surface area contributed by atoms with Gasteiger partial charge in [0.15, 0.2) is 22.5 Å². The normalized spacial score (nSPS) is 13.8. The fourth-order valence-corrected chi connectivity index (χ4v) is 3.76. The number of nitrogens with one attached hydrogen (secondary N) is 2. The molecular formula is C24H26F3N3O5S. The maximum atomic E-state index is 13.8. The molecule has 3 rings (SSSR count). The molecule has 2 aromatic carbocycles. The second-order valence-corrected chi connectivity index (χ2v) is 8.35. The smallest absolute Gasteiger partial charge is 0.314 e. The minimum atomic E-state index is -1.31. The van der Waals surface area contributed by atoms with Crippen molar-refractivity contribution in [3.63, 3.8) is 0 Å². The fraction of sp³-hybridized carbons (Fsp3) is 0.333. The maximum Gasteiger partial charge on any atom is 0.314 e. The van der Waals surface area contributed by atoms with Crippen LogP contribution >= 0.6 is 12.2 Å². The standard InChI is InChI=1S/C21H22F3N3OS.C3H4O4/c1-2-27-8-6-13(7-9-27)20(28)14-4-3-5-15(10-14)25-21(29)26-19-12-17(23)16(22)11-18(19)24;4-2(5)1-3(6)7/h3-5,10-13H,2,6-9H2,1H3,(H2,25,26,29);1H2,(H,4,5)(H,6,7). The number of hydrogen-bond donors (Lipinski definition) is 4. The molecule has 1 aliphatic heterocycles. The maximum absolute atomic E-state index is 13.8. The Kier molecular flexibility index (Phi) is 10.8. The number of likely N-dealkylation sites (tertiary alicyclic amines) is 1. The number of nitrogens with zero attached hydrogens (tertiary/aromatic N) is 1. The van der Waals surface area contributed by atoms with Crippen LogP contribution in [0.2, 0.25) is 0 Å². The number of carbonyl (C=O) groups excluding carboxylic acids is 1. The van der Waals surface area contributed by atoms with Crippen molar-refractivity contribution in [2.75, 3.05) is 30.3 Å². The topological polar surface area (TPSA) is 119 Å². The third-order valence-electron chi connectivity index (χ3n) is 5.37. The highest BCUT2D eigenvalue weighted by Gasteiger charge is 2.25. The summed E-state index contributed by atoms with van der Waals surface area (Å²) in [4.78, 5) is 34.0. The molecule has 0 unspecified atom stereocenters. The zero-order valence-corrected chi connectivity index (χ0v) is 20.2. The molecule has 1 heterocycles. The van der Waals surface area contributed by atoms with Crippen LogP contribution in [0.15, 0.2) is 36.4 Å². The molecule has 36 heavy (non-hydrogen) atoms. The number of halogens is 3. The molecule has 4 N–H and O–H groups in total. The zero-order valence-electron chi connectivity index (χ0n) is 19.4. The highest BCUT2D eigenvalue weighted by molar-refractivity contribution is 7.80. The van der Waals surface area contributed by atoms with Crippen LogP contribution in [0.3, 0.4) is 0 Å². The van der Waals surface area contributed by atoms with Gasteiger partial charge in [-0.05, 0) is 56.8 Å². The van der Waals surface area contributed by atoms with E-state index in [0.29, 0.717) is 23.4 Å². The number of rotatable bonds is 7. The number of carboxylic acids is 2. The van der Waals surface area contributed by atoms with Crippen molar-refractivity contribution in [1.82, 2.24) is 4.90 Å². The number of thiocarbonyl (C=S) groups is 1. The number of benzene rings is 2. The van der Waals surface area contributed by atoms with Gasteiger partial charge in [-0.15, -0.1) is 0 Å². The van der Waals surface area contributed by atoms with E-state index in [2.05, 4.69) is 22.5 Å². The van der Waals surface area contributed by atoms with Crippen LogP contribution in [0, 0.1) is 23.4 Å². The minimum Gasteiger partial charge on any atom is -0.481 e. The van der Waals surface area contributed by atoms with Crippen LogP contribution in [0.25, 0.3) is 0 Å². The molecule has 0 amide bonds. The summed E-state index contributed by atoms with van der Waals surface area (Å²) in [5.41, 5.74) is 0.838. The van der Waals surface area contributed by atoms with Gasteiger partial charge in [0.05, 0.1) is 5.69 Å². The Labute approximate surface area is 211 Å². The summed E-state index contributed by atoms with van der Waals surface area (Å²) in [6.07, 6.45) is 0.861. The highest BCUT2D eigenvalue weighted by atomic mass is 32.1. The number of ketones is 1. The minimum absolute atomic E-state index is 0.00392. The van der Waals surface area contributed by atoms with Crippen molar-refractivity contribution in [2.24, 2.45) is 5.92 Å². The van der Waals surface area contributed by atoms with Gasteiger partial charge < -0.3 is 25.7 Å². The largest absolute Gasteiger partial charge is 0.481 e. The lowest BCUT2D eigenvalue weighted by atomic mass is 9.89. The molecule has 1 fully saturated rings. The molecule has 1 saturated heterocycles. The average Bonchev–Trinajstić information content (AvgIpc) is 2.82. The number of aliphatic carboxylic acids is 2. The molecular weight excluding hydrogens is 499 g/mol. The summed E-state index contributed by atoms with van der Waals surface area (Å²) < 4.78 is 40.1. The molecule has 0 bridgehead atoms. The van der Waals surface area contributed by atoms with E-state index in [-0.39, 0.29) is 22.5 Å². The molecule has 0 atom stereocenters. The zero-order chi connectivity index (χ0) is 26.8. The van der Waals surface area contributed by atoms with Gasteiger partial charge in [0.25, 0.3) is 0 Å². The fourth-order valence-electron chi connectivity index (χ4n) is 3.53. The first-order valence-corrected chi connectivity index (χ1v) is 11.4. The van der Waals surface area contributed by atoms with Crippen molar-refractivity contribution in [3.05, 3.63) is 59.4 Å². The van der Waals surface area contributed by atoms with Crippen LogP contribution in [-0.4, -0.2) is 57.6 Å². The Balaban J connectivity index is 0.000000572. The van der Waals surface area contributed by atoms with Crippen molar-refractivity contribution in [3.8, 4) is 0 Å². The van der Waals surface area contributed by atoms with E-state index in [1.165, 1.54) is 0 Å². The third-order valence-corrected chi connectivity index (χ3v) is 5.58. The molecule has 0 radical (unpaired) electrons. The summed E-state index contributed by atoms with van der Waals surface area (Å²) in [5.74, 6) is -5.96. The quantitative estimate of drug-likeness (QED) is 0.181. The number of carboxylic acid groups (broad SMARTS) is 2. The van der Waals surface area contributed by atoms with Crippen LogP contribution < -0.4 is 10.6 Å². The summed E-state index contributed by atoms with van der Waals surface area (Å²) in [6.45, 7) is 4.93. The lowest BCUT2D eigenvalue weighted by molar-refractivity contribution is -0.147. The summed E-state index contributed by atoms with van der Waals surface area (Å²) in [6, 6.07) is 8.03. The first-order valence-electron chi connectivity index (χ1n) is 11.0. The Hall–Kier alpha value is -3.51. The van der Waals surface area contributed by atoms with Crippen LogP contribution in [-0.2, 0) is 9.59 Å². The van der Waals surface area contributed by atoms with Gasteiger partial charge in [0, 0.05) is 29.3 Å². The van der Waals surface area contributed by atoms with Gasteiger partial charge in [-0.2, -0.15) is 0 Å². The Morgan fingerprint density at radius 3 is 2.14 bits per heavy atom. The Morgan fingerprint density at radius 2 is 1.58 bits per heavy atom. The molecule has 2 aromatic rings. The molecule has 1 aliphatic rings. The monoisotopic (exact) mass is 525 g/mol. The number of Topliss-reactive ketones (excluding diaryl/α,β-unsaturated/α-hetero) is 1. The number of carbonyl (C=O) groups is 3. The average molecular weight is 526 g/mol. The molecule has 0 aliphatic carbocycles. The van der Waals surface area contributed by atoms with Gasteiger partial charge in [0.1, 0.15) is 12.2 Å². The predicted molar refractivity (Wildman–Crippen MR) is 132 cm³/mol. The second kappa shape index (κ2) is 13.5. The molecule has 0 spiro atoms. The van der Waals surface area contributed by atoms with Crippen LogP contribution in [0.5, 0.6) is 0 Å². The summed E-state index contributed by atoms with van der Waals surface area (Å²) >= 11 is 5.12. The van der Waals surface area contributed by atoms with E-state index in [4.69, 9.17) is 22.4 Å².